The summed E-state index contributed by atoms with van der Waals surface area (Å²) < 4.78 is 48.5. The smallest absolute Gasteiger partial charge is 0.216 e. The molecule has 0 radical (unpaired) electrons. The van der Waals surface area contributed by atoms with Crippen LogP contribution in [-0.4, -0.2) is 34.1 Å². The van der Waals surface area contributed by atoms with Crippen molar-refractivity contribution in [1.82, 2.24) is 5.32 Å². The van der Waals surface area contributed by atoms with Gasteiger partial charge in [-0.2, -0.15) is 0 Å². The van der Waals surface area contributed by atoms with Crippen LogP contribution in [-0.2, 0) is 9.84 Å². The first-order valence-corrected chi connectivity index (χ1v) is 9.31. The average Bonchev–Trinajstić information content (AvgIpc) is 2.82. The molecule has 1 fully saturated rings. The Labute approximate surface area is 151 Å². The van der Waals surface area contributed by atoms with Crippen molar-refractivity contribution in [2.75, 3.05) is 25.6 Å². The first-order chi connectivity index (χ1) is 11.5. The maximum atomic E-state index is 14.2. The first-order valence-electron chi connectivity index (χ1n) is 7.66. The van der Waals surface area contributed by atoms with Crippen LogP contribution in [0.5, 0.6) is 11.5 Å². The normalized spacial score (nSPS) is 17.8. The molecule has 0 saturated carbocycles. The van der Waals surface area contributed by atoms with Gasteiger partial charge in [-0.3, -0.25) is 0 Å². The monoisotopic (exact) mass is 385 g/mol. The van der Waals surface area contributed by atoms with E-state index in [-0.39, 0.29) is 29.0 Å². The number of sulfone groups is 1. The Morgan fingerprint density at radius 1 is 1.16 bits per heavy atom. The van der Waals surface area contributed by atoms with Crippen molar-refractivity contribution in [2.24, 2.45) is 5.92 Å². The molecule has 0 unspecified atom stereocenters. The standard InChI is InChI=1S/C17H16FNO4S.ClH/c18-14-5-12(1-3-15(14)22-9-11-7-19-8-11)13-2-4-17-16(6-13)23-10-24(17,20)21;/h1-6,11,19H,7-10H2;1H. The largest absolute Gasteiger partial charge is 0.490 e. The summed E-state index contributed by atoms with van der Waals surface area (Å²) in [7, 11) is -3.35. The van der Waals surface area contributed by atoms with Crippen molar-refractivity contribution in [3.63, 3.8) is 0 Å². The molecular weight excluding hydrogens is 369 g/mol. The van der Waals surface area contributed by atoms with Crippen molar-refractivity contribution in [3.05, 3.63) is 42.2 Å². The van der Waals surface area contributed by atoms with E-state index in [4.69, 9.17) is 9.47 Å². The second-order valence-electron chi connectivity index (χ2n) is 6.02. The molecule has 5 nitrogen and oxygen atoms in total. The quantitative estimate of drug-likeness (QED) is 0.876. The van der Waals surface area contributed by atoms with Crippen LogP contribution >= 0.6 is 12.4 Å². The molecule has 2 heterocycles. The van der Waals surface area contributed by atoms with Crippen LogP contribution in [0.2, 0.25) is 0 Å². The Morgan fingerprint density at radius 3 is 2.56 bits per heavy atom. The molecule has 1 saturated heterocycles. The third-order valence-electron chi connectivity index (χ3n) is 4.25. The van der Waals surface area contributed by atoms with Crippen molar-refractivity contribution < 1.29 is 22.3 Å². The van der Waals surface area contributed by atoms with Gasteiger partial charge in [0.15, 0.2) is 17.5 Å². The summed E-state index contributed by atoms with van der Waals surface area (Å²) in [4.78, 5) is 0.181. The first kappa shape index (κ1) is 18.0. The molecule has 25 heavy (non-hydrogen) atoms. The molecule has 8 heteroatoms. The van der Waals surface area contributed by atoms with Crippen LogP contribution in [0.15, 0.2) is 41.3 Å². The van der Waals surface area contributed by atoms with Crippen LogP contribution < -0.4 is 14.8 Å². The predicted molar refractivity (Wildman–Crippen MR) is 93.6 cm³/mol. The van der Waals surface area contributed by atoms with Gasteiger partial charge in [-0.05, 0) is 35.4 Å². The minimum Gasteiger partial charge on any atom is -0.490 e. The fourth-order valence-electron chi connectivity index (χ4n) is 2.73. The number of benzene rings is 2. The maximum absolute atomic E-state index is 14.2. The van der Waals surface area contributed by atoms with Gasteiger partial charge < -0.3 is 14.8 Å². The molecule has 2 aromatic rings. The summed E-state index contributed by atoms with van der Waals surface area (Å²) in [6.45, 7) is 2.29. The SMILES string of the molecule is Cl.O=S1(=O)COc2cc(-c3ccc(OCC4CNC4)c(F)c3)ccc21. The summed E-state index contributed by atoms with van der Waals surface area (Å²) in [6.07, 6.45) is 0. The molecule has 134 valence electrons. The van der Waals surface area contributed by atoms with Gasteiger partial charge in [0, 0.05) is 19.0 Å². The van der Waals surface area contributed by atoms with Gasteiger partial charge in [-0.1, -0.05) is 12.1 Å². The van der Waals surface area contributed by atoms with E-state index in [1.807, 2.05) is 0 Å². The minimum absolute atomic E-state index is 0. The zero-order valence-corrected chi connectivity index (χ0v) is 14.8. The Morgan fingerprint density at radius 2 is 1.88 bits per heavy atom. The molecule has 0 aromatic heterocycles. The zero-order valence-electron chi connectivity index (χ0n) is 13.2. The number of hydrogen-bond acceptors (Lipinski definition) is 5. The summed E-state index contributed by atoms with van der Waals surface area (Å²) >= 11 is 0. The molecule has 0 amide bonds. The second-order valence-corrected chi connectivity index (χ2v) is 7.92. The number of ether oxygens (including phenoxy) is 2. The van der Waals surface area contributed by atoms with Crippen molar-refractivity contribution in [1.29, 1.82) is 0 Å². The van der Waals surface area contributed by atoms with Crippen LogP contribution in [0, 0.1) is 11.7 Å². The summed E-state index contributed by atoms with van der Waals surface area (Å²) in [5.41, 5.74) is 1.33. The zero-order chi connectivity index (χ0) is 16.7. The van der Waals surface area contributed by atoms with Crippen LogP contribution in [0.4, 0.5) is 4.39 Å². The van der Waals surface area contributed by atoms with E-state index in [0.717, 1.165) is 13.1 Å². The number of nitrogens with one attached hydrogen (secondary N) is 1. The number of rotatable bonds is 4. The highest BCUT2D eigenvalue weighted by Gasteiger charge is 2.28. The molecule has 2 aliphatic heterocycles. The Hall–Kier alpha value is -1.83. The van der Waals surface area contributed by atoms with Crippen LogP contribution in [0.25, 0.3) is 11.1 Å². The molecule has 0 spiro atoms. The van der Waals surface area contributed by atoms with Crippen LogP contribution in [0.3, 0.4) is 0 Å². The molecule has 0 aliphatic carbocycles. The average molecular weight is 386 g/mol. The fraction of sp³-hybridized carbons (Fsp3) is 0.294. The van der Waals surface area contributed by atoms with Gasteiger partial charge in [0.2, 0.25) is 9.84 Å². The summed E-state index contributed by atoms with van der Waals surface area (Å²) in [6, 6.07) is 9.51. The van der Waals surface area contributed by atoms with Gasteiger partial charge in [0.25, 0.3) is 0 Å². The molecule has 2 aliphatic rings. The Bertz CT molecular complexity index is 900. The highest BCUT2D eigenvalue weighted by Crippen LogP contribution is 2.36. The second kappa shape index (κ2) is 6.82. The van der Waals surface area contributed by atoms with Gasteiger partial charge in [-0.25, -0.2) is 12.8 Å². The van der Waals surface area contributed by atoms with Crippen molar-refractivity contribution in [3.8, 4) is 22.6 Å². The van der Waals surface area contributed by atoms with E-state index in [9.17, 15) is 12.8 Å². The Balaban J connectivity index is 0.00000182. The molecule has 2 aromatic carbocycles. The van der Waals surface area contributed by atoms with Gasteiger partial charge in [0.05, 0.1) is 6.61 Å². The molecule has 0 atom stereocenters. The molecule has 0 bridgehead atoms. The van der Waals surface area contributed by atoms with Gasteiger partial charge >= 0.3 is 0 Å². The number of fused-ring (bicyclic) bond motifs is 1. The van der Waals surface area contributed by atoms with Crippen LogP contribution in [0.1, 0.15) is 0 Å². The summed E-state index contributed by atoms with van der Waals surface area (Å²) in [5, 5.41) is 3.14. The lowest BCUT2D eigenvalue weighted by atomic mass is 10.0. The third-order valence-corrected chi connectivity index (χ3v) is 5.69. The molecular formula is C17H17ClFNO4S. The van der Waals surface area contributed by atoms with E-state index < -0.39 is 15.7 Å². The maximum Gasteiger partial charge on any atom is 0.216 e. The fourth-order valence-corrected chi connectivity index (χ4v) is 3.84. The third kappa shape index (κ3) is 3.44. The van der Waals surface area contributed by atoms with E-state index in [2.05, 4.69) is 5.32 Å². The van der Waals surface area contributed by atoms with Gasteiger partial charge in [-0.15, -0.1) is 12.4 Å². The summed E-state index contributed by atoms with van der Waals surface area (Å²) in [5.74, 6) is 0.188. The molecule has 1 N–H and O–H groups in total. The van der Waals surface area contributed by atoms with E-state index in [1.165, 1.54) is 12.1 Å². The predicted octanol–water partition coefficient (Wildman–Crippen LogP) is 2.64. The topological polar surface area (TPSA) is 64.6 Å². The number of hydrogen-bond donors (Lipinski definition) is 1. The Kier molecular flexibility index (Phi) is 4.90. The van der Waals surface area contributed by atoms with E-state index in [1.54, 1.807) is 24.3 Å². The lowest BCUT2D eigenvalue weighted by Gasteiger charge is -2.26. The highest BCUT2D eigenvalue weighted by atomic mass is 35.5. The lowest BCUT2D eigenvalue weighted by molar-refractivity contribution is 0.193. The van der Waals surface area contributed by atoms with Crippen molar-refractivity contribution in [2.45, 2.75) is 4.90 Å². The van der Waals surface area contributed by atoms with Gasteiger partial charge in [0.1, 0.15) is 10.6 Å². The molecule has 4 rings (SSSR count). The lowest BCUT2D eigenvalue weighted by Crippen LogP contribution is -2.45. The van der Waals surface area contributed by atoms with E-state index in [0.29, 0.717) is 29.4 Å². The highest BCUT2D eigenvalue weighted by molar-refractivity contribution is 7.91. The van der Waals surface area contributed by atoms with E-state index >= 15 is 0 Å². The number of halogens is 2. The minimum atomic E-state index is -3.35. The van der Waals surface area contributed by atoms with Crippen molar-refractivity contribution >= 4 is 22.2 Å².